The van der Waals surface area contributed by atoms with Gasteiger partial charge in [0, 0.05) is 29.6 Å². The fraction of sp³-hybridized carbons (Fsp3) is 0.200. The van der Waals surface area contributed by atoms with E-state index in [4.69, 9.17) is 18.7 Å². The molecule has 1 aromatic carbocycles. The molecule has 0 spiro atoms. The van der Waals surface area contributed by atoms with E-state index in [0.29, 0.717) is 28.5 Å². The van der Waals surface area contributed by atoms with E-state index in [-0.39, 0.29) is 5.89 Å². The van der Waals surface area contributed by atoms with Crippen LogP contribution >= 0.6 is 0 Å². The number of pyridine rings is 1. The molecule has 1 atom stereocenters. The van der Waals surface area contributed by atoms with Gasteiger partial charge in [-0.1, -0.05) is 17.3 Å². The van der Waals surface area contributed by atoms with Crippen molar-refractivity contribution in [2.75, 3.05) is 14.2 Å². The van der Waals surface area contributed by atoms with Gasteiger partial charge in [0.1, 0.15) is 0 Å². The summed E-state index contributed by atoms with van der Waals surface area (Å²) in [6.07, 6.45) is 5.45. The molecule has 0 saturated carbocycles. The molecule has 0 fully saturated rings. The third-order valence-corrected chi connectivity index (χ3v) is 3.83. The number of methoxy groups -OCH3 is 2. The molecule has 0 radical (unpaired) electrons. The average molecular weight is 381 g/mol. The van der Waals surface area contributed by atoms with Crippen LogP contribution in [0.1, 0.15) is 24.5 Å². The van der Waals surface area contributed by atoms with Crippen LogP contribution in [0.3, 0.4) is 0 Å². The molecule has 2 aromatic heterocycles. The fourth-order valence-corrected chi connectivity index (χ4v) is 2.48. The van der Waals surface area contributed by atoms with E-state index < -0.39 is 12.1 Å². The van der Waals surface area contributed by atoms with Gasteiger partial charge in [0.15, 0.2) is 17.6 Å². The molecule has 1 unspecified atom stereocenters. The molecule has 144 valence electrons. The van der Waals surface area contributed by atoms with Crippen molar-refractivity contribution >= 4 is 12.0 Å². The normalized spacial score (nSPS) is 12.0. The minimum absolute atomic E-state index is 0.194. The first-order chi connectivity index (χ1) is 13.6. The number of hydrogen-bond acceptors (Lipinski definition) is 8. The summed E-state index contributed by atoms with van der Waals surface area (Å²) >= 11 is 0. The topological polar surface area (TPSA) is 96.6 Å². The zero-order chi connectivity index (χ0) is 19.9. The van der Waals surface area contributed by atoms with Gasteiger partial charge in [0.25, 0.3) is 5.89 Å². The molecule has 28 heavy (non-hydrogen) atoms. The number of esters is 1. The van der Waals surface area contributed by atoms with Crippen molar-refractivity contribution in [3.63, 3.8) is 0 Å². The van der Waals surface area contributed by atoms with Gasteiger partial charge >= 0.3 is 5.97 Å². The molecule has 2 heterocycles. The van der Waals surface area contributed by atoms with Crippen LogP contribution in [-0.4, -0.2) is 35.3 Å². The summed E-state index contributed by atoms with van der Waals surface area (Å²) in [5.74, 6) is 1.11. The maximum atomic E-state index is 12.2. The van der Waals surface area contributed by atoms with Crippen molar-refractivity contribution in [3.8, 4) is 22.9 Å². The summed E-state index contributed by atoms with van der Waals surface area (Å²) in [5.41, 5.74) is 1.39. The van der Waals surface area contributed by atoms with E-state index in [1.165, 1.54) is 13.2 Å². The predicted molar refractivity (Wildman–Crippen MR) is 101 cm³/mol. The summed E-state index contributed by atoms with van der Waals surface area (Å²) in [6, 6.07) is 8.95. The highest BCUT2D eigenvalue weighted by Crippen LogP contribution is 2.31. The largest absolute Gasteiger partial charge is 0.493 e. The third-order valence-electron chi connectivity index (χ3n) is 3.83. The molecule has 0 bridgehead atoms. The van der Waals surface area contributed by atoms with Gasteiger partial charge < -0.3 is 18.7 Å². The van der Waals surface area contributed by atoms with E-state index in [0.717, 1.165) is 0 Å². The van der Waals surface area contributed by atoms with Crippen LogP contribution in [0.2, 0.25) is 0 Å². The summed E-state index contributed by atoms with van der Waals surface area (Å²) in [4.78, 5) is 20.4. The molecule has 3 aromatic rings. The summed E-state index contributed by atoms with van der Waals surface area (Å²) in [5, 5.41) is 3.88. The molecule has 8 heteroatoms. The lowest BCUT2D eigenvalue weighted by Crippen LogP contribution is -2.06. The Labute approximate surface area is 161 Å². The molecule has 8 nitrogen and oxygen atoms in total. The molecular formula is C20H19N3O5. The van der Waals surface area contributed by atoms with Crippen LogP contribution in [0.25, 0.3) is 17.5 Å². The van der Waals surface area contributed by atoms with Gasteiger partial charge in [0.2, 0.25) is 5.82 Å². The predicted octanol–water partition coefficient (Wildman–Crippen LogP) is 3.47. The average Bonchev–Trinajstić information content (AvgIpc) is 3.23. The molecule has 0 amide bonds. The first kappa shape index (κ1) is 19.1. The summed E-state index contributed by atoms with van der Waals surface area (Å²) < 4.78 is 21.1. The molecular weight excluding hydrogens is 362 g/mol. The van der Waals surface area contributed by atoms with Gasteiger partial charge in [-0.15, -0.1) is 0 Å². The lowest BCUT2D eigenvalue weighted by Gasteiger charge is -2.10. The van der Waals surface area contributed by atoms with Gasteiger partial charge in [-0.3, -0.25) is 4.98 Å². The number of carbonyl (C=O) groups is 1. The standard InChI is InChI=1S/C20H19N3O5/c1-13(20-22-19(23-28-20)15-7-5-11-21-12-15)27-17(24)10-9-14-6-4-8-16(25-2)18(14)26-3/h4-13H,1-3H3/b10-9+. The third kappa shape index (κ3) is 4.35. The number of aromatic nitrogens is 3. The quantitative estimate of drug-likeness (QED) is 0.453. The lowest BCUT2D eigenvalue weighted by atomic mass is 10.1. The monoisotopic (exact) mass is 381 g/mol. The minimum atomic E-state index is -0.706. The summed E-state index contributed by atoms with van der Waals surface area (Å²) in [6.45, 7) is 1.65. The number of rotatable bonds is 7. The van der Waals surface area contributed by atoms with E-state index in [1.54, 1.807) is 56.8 Å². The van der Waals surface area contributed by atoms with Crippen LogP contribution in [0.15, 0.2) is 53.3 Å². The van der Waals surface area contributed by atoms with Crippen LogP contribution < -0.4 is 9.47 Å². The Morgan fingerprint density at radius 2 is 2.04 bits per heavy atom. The minimum Gasteiger partial charge on any atom is -0.493 e. The van der Waals surface area contributed by atoms with E-state index >= 15 is 0 Å². The Morgan fingerprint density at radius 1 is 1.18 bits per heavy atom. The van der Waals surface area contributed by atoms with Gasteiger partial charge in [-0.05, 0) is 31.2 Å². The van der Waals surface area contributed by atoms with E-state index in [2.05, 4.69) is 15.1 Å². The zero-order valence-corrected chi connectivity index (χ0v) is 15.7. The number of hydrogen-bond donors (Lipinski definition) is 0. The molecule has 0 aliphatic heterocycles. The van der Waals surface area contributed by atoms with Crippen molar-refractivity contribution < 1.29 is 23.5 Å². The first-order valence-electron chi connectivity index (χ1n) is 8.46. The number of para-hydroxylation sites is 1. The Hall–Kier alpha value is -3.68. The highest BCUT2D eigenvalue weighted by molar-refractivity contribution is 5.88. The molecule has 0 saturated heterocycles. The van der Waals surface area contributed by atoms with E-state index in [1.807, 2.05) is 6.07 Å². The fourth-order valence-electron chi connectivity index (χ4n) is 2.48. The Balaban J connectivity index is 1.67. The van der Waals surface area contributed by atoms with Crippen molar-refractivity contribution in [2.45, 2.75) is 13.0 Å². The number of ether oxygens (including phenoxy) is 3. The number of carbonyl (C=O) groups excluding carboxylic acids is 1. The molecule has 3 rings (SSSR count). The Bertz CT molecular complexity index is 969. The Kier molecular flexibility index (Phi) is 6.01. The Morgan fingerprint density at radius 3 is 2.75 bits per heavy atom. The second kappa shape index (κ2) is 8.81. The SMILES string of the molecule is COc1cccc(/C=C/C(=O)OC(C)c2nc(-c3cccnc3)no2)c1OC. The molecule has 0 N–H and O–H groups in total. The second-order valence-corrected chi connectivity index (χ2v) is 5.69. The van der Waals surface area contributed by atoms with Crippen molar-refractivity contribution in [3.05, 3.63) is 60.3 Å². The van der Waals surface area contributed by atoms with Crippen molar-refractivity contribution in [2.24, 2.45) is 0 Å². The maximum Gasteiger partial charge on any atom is 0.331 e. The zero-order valence-electron chi connectivity index (χ0n) is 15.7. The van der Waals surface area contributed by atoms with Crippen LogP contribution in [0, 0.1) is 0 Å². The molecule has 0 aliphatic carbocycles. The van der Waals surface area contributed by atoms with Crippen molar-refractivity contribution in [1.29, 1.82) is 0 Å². The second-order valence-electron chi connectivity index (χ2n) is 5.69. The van der Waals surface area contributed by atoms with Gasteiger partial charge in [-0.25, -0.2) is 4.79 Å². The van der Waals surface area contributed by atoms with Crippen molar-refractivity contribution in [1.82, 2.24) is 15.1 Å². The van der Waals surface area contributed by atoms with Crippen LogP contribution in [0.5, 0.6) is 11.5 Å². The van der Waals surface area contributed by atoms with E-state index in [9.17, 15) is 4.79 Å². The van der Waals surface area contributed by atoms with Gasteiger partial charge in [-0.2, -0.15) is 4.98 Å². The maximum absolute atomic E-state index is 12.2. The van der Waals surface area contributed by atoms with Crippen LogP contribution in [-0.2, 0) is 9.53 Å². The van der Waals surface area contributed by atoms with Crippen LogP contribution in [0.4, 0.5) is 0 Å². The number of nitrogens with zero attached hydrogens (tertiary/aromatic N) is 3. The molecule has 0 aliphatic rings. The summed E-state index contributed by atoms with van der Waals surface area (Å²) in [7, 11) is 3.08. The highest BCUT2D eigenvalue weighted by Gasteiger charge is 2.18. The smallest absolute Gasteiger partial charge is 0.331 e. The lowest BCUT2D eigenvalue weighted by molar-refractivity contribution is -0.143. The first-order valence-corrected chi connectivity index (χ1v) is 8.46. The van der Waals surface area contributed by atoms with Gasteiger partial charge in [0.05, 0.1) is 14.2 Å². The highest BCUT2D eigenvalue weighted by atomic mass is 16.6. The number of benzene rings is 1.